The molecule has 2 N–H and O–H groups in total. The summed E-state index contributed by atoms with van der Waals surface area (Å²) < 4.78 is 12.8. The first-order valence-electron chi connectivity index (χ1n) is 15.6. The van der Waals surface area contributed by atoms with Gasteiger partial charge in [-0.1, -0.05) is 65.4 Å². The van der Waals surface area contributed by atoms with Crippen molar-refractivity contribution >= 4 is 48.9 Å². The minimum Gasteiger partial charge on any atom is -0.543 e. The Balaban J connectivity index is 1.60. The number of hydrogen-bond acceptors (Lipinski definition) is 6. The standard InChI is InChI=1S/C35H49N3O3SSi/c1-11-36-29-19-33-31(17-25(29)9)38(32-18-26(10)30(37-12-2)20-34(32)42-33)35(39)40-21-27-13-15-28(16-14-27)41-43(22(3)4,23(5)6)24(7)8/h13-20,22-24,36-37H,11-12,21H2,1-10H3. The summed E-state index contributed by atoms with van der Waals surface area (Å²) in [4.78, 5) is 17.6. The van der Waals surface area contributed by atoms with Gasteiger partial charge in [-0.2, -0.15) is 0 Å². The minimum atomic E-state index is -2.04. The molecule has 4 rings (SSSR count). The number of carbonyl (C=O) groups excluding carboxylic acids is 1. The Kier molecular flexibility index (Phi) is 10.4. The number of amides is 1. The van der Waals surface area contributed by atoms with Gasteiger partial charge in [0, 0.05) is 34.3 Å². The Morgan fingerprint density at radius 1 is 0.791 bits per heavy atom. The molecule has 0 aliphatic carbocycles. The van der Waals surface area contributed by atoms with E-state index in [-0.39, 0.29) is 12.7 Å². The molecule has 0 radical (unpaired) electrons. The highest BCUT2D eigenvalue weighted by molar-refractivity contribution is 7.99. The summed E-state index contributed by atoms with van der Waals surface area (Å²) in [6.45, 7) is 23.9. The van der Waals surface area contributed by atoms with Crippen LogP contribution in [0.5, 0.6) is 5.75 Å². The van der Waals surface area contributed by atoms with Crippen LogP contribution in [0, 0.1) is 13.8 Å². The average Bonchev–Trinajstić information content (AvgIpc) is 2.95. The van der Waals surface area contributed by atoms with Gasteiger partial charge in [-0.05, 0) is 97.4 Å². The van der Waals surface area contributed by atoms with Crippen molar-refractivity contribution in [1.29, 1.82) is 0 Å². The summed E-state index contributed by atoms with van der Waals surface area (Å²) in [5.41, 5.74) is 8.43. The Labute approximate surface area is 264 Å². The first-order valence-corrected chi connectivity index (χ1v) is 18.6. The van der Waals surface area contributed by atoms with Crippen LogP contribution in [0.4, 0.5) is 27.5 Å². The van der Waals surface area contributed by atoms with Crippen molar-refractivity contribution in [2.24, 2.45) is 0 Å². The molecule has 1 aliphatic heterocycles. The topological polar surface area (TPSA) is 62.8 Å². The molecule has 6 nitrogen and oxygen atoms in total. The number of nitrogens with one attached hydrogen (secondary N) is 2. The summed E-state index contributed by atoms with van der Waals surface area (Å²) in [6.07, 6.45) is -0.389. The Morgan fingerprint density at radius 2 is 1.26 bits per heavy atom. The fourth-order valence-electron chi connectivity index (χ4n) is 6.49. The third-order valence-corrected chi connectivity index (χ3v) is 15.6. The molecular formula is C35H49N3O3SSi. The lowest BCUT2D eigenvalue weighted by Gasteiger charge is -2.42. The lowest BCUT2D eigenvalue weighted by molar-refractivity contribution is 0.149. The van der Waals surface area contributed by atoms with E-state index in [0.717, 1.165) is 68.1 Å². The first kappa shape index (κ1) is 32.8. The van der Waals surface area contributed by atoms with E-state index < -0.39 is 8.32 Å². The number of aryl methyl sites for hydroxylation is 2. The van der Waals surface area contributed by atoms with Crippen LogP contribution in [0.3, 0.4) is 0 Å². The van der Waals surface area contributed by atoms with Crippen LogP contribution in [-0.4, -0.2) is 27.5 Å². The largest absolute Gasteiger partial charge is 0.543 e. The van der Waals surface area contributed by atoms with Crippen molar-refractivity contribution in [2.75, 3.05) is 28.6 Å². The number of benzene rings is 3. The number of rotatable bonds is 11. The van der Waals surface area contributed by atoms with Gasteiger partial charge in [0.1, 0.15) is 12.4 Å². The van der Waals surface area contributed by atoms with Crippen LogP contribution >= 0.6 is 11.8 Å². The number of anilines is 4. The van der Waals surface area contributed by atoms with E-state index in [2.05, 4.69) is 104 Å². The molecule has 0 saturated carbocycles. The van der Waals surface area contributed by atoms with Crippen molar-refractivity contribution in [1.82, 2.24) is 0 Å². The van der Waals surface area contributed by atoms with E-state index >= 15 is 0 Å². The molecule has 43 heavy (non-hydrogen) atoms. The van der Waals surface area contributed by atoms with Gasteiger partial charge in [-0.15, -0.1) is 0 Å². The highest BCUT2D eigenvalue weighted by Gasteiger charge is 2.47. The maximum atomic E-state index is 13.9. The second-order valence-corrected chi connectivity index (χ2v) is 18.8. The molecule has 232 valence electrons. The number of carbonyl (C=O) groups is 1. The van der Waals surface area contributed by atoms with Crippen molar-refractivity contribution < 1.29 is 14.0 Å². The molecular weight excluding hydrogens is 571 g/mol. The van der Waals surface area contributed by atoms with Gasteiger partial charge in [0.15, 0.2) is 0 Å². The zero-order valence-electron chi connectivity index (χ0n) is 27.6. The van der Waals surface area contributed by atoms with Crippen LogP contribution in [0.1, 0.15) is 72.1 Å². The molecule has 0 spiro atoms. The van der Waals surface area contributed by atoms with Crippen molar-refractivity contribution in [3.63, 3.8) is 0 Å². The quantitative estimate of drug-likeness (QED) is 0.208. The van der Waals surface area contributed by atoms with Gasteiger partial charge in [-0.25, -0.2) is 9.69 Å². The third-order valence-electron chi connectivity index (χ3n) is 8.52. The average molecular weight is 620 g/mol. The number of ether oxygens (including phenoxy) is 1. The molecule has 0 bridgehead atoms. The maximum Gasteiger partial charge on any atom is 0.419 e. The van der Waals surface area contributed by atoms with Crippen LogP contribution in [0.25, 0.3) is 0 Å². The second-order valence-electron chi connectivity index (χ2n) is 12.4. The minimum absolute atomic E-state index is 0.178. The van der Waals surface area contributed by atoms with Gasteiger partial charge < -0.3 is 19.8 Å². The predicted octanol–water partition coefficient (Wildman–Crippen LogP) is 10.7. The Bertz CT molecular complexity index is 1360. The summed E-state index contributed by atoms with van der Waals surface area (Å²) in [6, 6.07) is 16.5. The smallest absolute Gasteiger partial charge is 0.419 e. The molecule has 8 heteroatoms. The predicted molar refractivity (Wildman–Crippen MR) is 185 cm³/mol. The Hall–Kier alpha value is -3.10. The fraction of sp³-hybridized carbons (Fsp3) is 0.457. The maximum absolute atomic E-state index is 13.9. The van der Waals surface area contributed by atoms with Crippen LogP contribution < -0.4 is 20.0 Å². The van der Waals surface area contributed by atoms with Crippen LogP contribution in [0.15, 0.2) is 58.3 Å². The molecule has 1 amide bonds. The molecule has 1 aliphatic rings. The van der Waals surface area contributed by atoms with E-state index in [1.165, 1.54) is 0 Å². The highest BCUT2D eigenvalue weighted by atomic mass is 32.2. The summed E-state index contributed by atoms with van der Waals surface area (Å²) in [7, 11) is -2.04. The van der Waals surface area contributed by atoms with Crippen molar-refractivity contribution in [3.8, 4) is 5.75 Å². The van der Waals surface area contributed by atoms with Gasteiger partial charge in [0.05, 0.1) is 11.4 Å². The summed E-state index contributed by atoms with van der Waals surface area (Å²) in [5, 5.41) is 6.90. The van der Waals surface area contributed by atoms with Gasteiger partial charge in [0.2, 0.25) is 0 Å². The van der Waals surface area contributed by atoms with E-state index in [9.17, 15) is 4.79 Å². The number of nitrogens with zero attached hydrogens (tertiary/aromatic N) is 1. The molecule has 3 aromatic carbocycles. The van der Waals surface area contributed by atoms with Crippen molar-refractivity contribution in [3.05, 3.63) is 65.2 Å². The molecule has 0 saturated heterocycles. The third kappa shape index (κ3) is 6.70. The van der Waals surface area contributed by atoms with Crippen LogP contribution in [-0.2, 0) is 11.3 Å². The van der Waals surface area contributed by atoms with Gasteiger partial charge >= 0.3 is 6.09 Å². The fourth-order valence-corrected chi connectivity index (χ4v) is 12.8. The van der Waals surface area contributed by atoms with Crippen LogP contribution in [0.2, 0.25) is 16.6 Å². The van der Waals surface area contributed by atoms with E-state index in [1.807, 2.05) is 24.3 Å². The number of fused-ring (bicyclic) bond motifs is 2. The molecule has 0 unspecified atom stereocenters. The van der Waals surface area contributed by atoms with Gasteiger partial charge in [-0.3, -0.25) is 0 Å². The van der Waals surface area contributed by atoms with E-state index in [0.29, 0.717) is 16.6 Å². The molecule has 1 heterocycles. The Morgan fingerprint density at radius 3 is 1.67 bits per heavy atom. The first-order chi connectivity index (χ1) is 20.4. The SMILES string of the molecule is CCNc1cc2c(cc1C)N(C(=O)OCc1ccc(O[Si](C(C)C)(C(C)C)C(C)C)cc1)c1cc(C)c(NCC)cc1S2. The summed E-state index contributed by atoms with van der Waals surface area (Å²) >= 11 is 1.69. The monoisotopic (exact) mass is 619 g/mol. The zero-order valence-corrected chi connectivity index (χ0v) is 29.4. The highest BCUT2D eigenvalue weighted by Crippen LogP contribution is 2.51. The second kappa shape index (κ2) is 13.7. The molecule has 0 atom stereocenters. The molecule has 3 aromatic rings. The van der Waals surface area contributed by atoms with E-state index in [4.69, 9.17) is 9.16 Å². The zero-order chi connectivity index (χ0) is 31.5. The van der Waals surface area contributed by atoms with Gasteiger partial charge in [0.25, 0.3) is 8.32 Å². The van der Waals surface area contributed by atoms with E-state index in [1.54, 1.807) is 16.7 Å². The number of hydrogen-bond donors (Lipinski definition) is 2. The lowest BCUT2D eigenvalue weighted by atomic mass is 10.1. The molecule has 0 fully saturated rings. The van der Waals surface area contributed by atoms with Crippen molar-refractivity contribution in [2.45, 2.75) is 102 Å². The normalized spacial score (nSPS) is 12.8. The summed E-state index contributed by atoms with van der Waals surface area (Å²) in [5.74, 6) is 0.896. The molecule has 0 aromatic heterocycles. The lowest BCUT2D eigenvalue weighted by Crippen LogP contribution is -2.50.